The standard InChI is InChI=1S/C10H11BrINO/c11-7-1-3-9(13-6-7)10-4-2-8(5-12)14-10/h1,3,6,8,10H,2,4-5H2. The first-order valence-corrected chi connectivity index (χ1v) is 6.94. The van der Waals surface area contributed by atoms with Gasteiger partial charge in [0.15, 0.2) is 0 Å². The first-order chi connectivity index (χ1) is 6.79. The minimum Gasteiger partial charge on any atom is -0.368 e. The average molecular weight is 368 g/mol. The maximum atomic E-state index is 5.85. The van der Waals surface area contributed by atoms with Crippen molar-refractivity contribution in [2.75, 3.05) is 4.43 Å². The van der Waals surface area contributed by atoms with Crippen LogP contribution in [0, 0.1) is 0 Å². The van der Waals surface area contributed by atoms with E-state index in [4.69, 9.17) is 4.74 Å². The zero-order valence-corrected chi connectivity index (χ0v) is 11.4. The summed E-state index contributed by atoms with van der Waals surface area (Å²) in [5.41, 5.74) is 1.06. The lowest BCUT2D eigenvalue weighted by Gasteiger charge is -2.11. The normalized spacial score (nSPS) is 26.7. The third-order valence-corrected chi connectivity index (χ3v) is 3.81. The summed E-state index contributed by atoms with van der Waals surface area (Å²) >= 11 is 5.75. The Bertz CT molecular complexity index is 303. The van der Waals surface area contributed by atoms with Gasteiger partial charge in [0, 0.05) is 15.1 Å². The van der Waals surface area contributed by atoms with Crippen molar-refractivity contribution in [2.24, 2.45) is 0 Å². The second kappa shape index (κ2) is 4.90. The van der Waals surface area contributed by atoms with Gasteiger partial charge in [-0.25, -0.2) is 0 Å². The second-order valence-electron chi connectivity index (χ2n) is 3.38. The van der Waals surface area contributed by atoms with Gasteiger partial charge in [-0.3, -0.25) is 4.98 Å². The van der Waals surface area contributed by atoms with E-state index in [1.165, 1.54) is 0 Å². The molecule has 0 saturated carbocycles. The lowest BCUT2D eigenvalue weighted by atomic mass is 10.1. The van der Waals surface area contributed by atoms with Crippen LogP contribution in [0.4, 0.5) is 0 Å². The van der Waals surface area contributed by atoms with E-state index in [2.05, 4.69) is 43.5 Å². The van der Waals surface area contributed by atoms with Crippen molar-refractivity contribution in [3.05, 3.63) is 28.5 Å². The summed E-state index contributed by atoms with van der Waals surface area (Å²) in [7, 11) is 0. The summed E-state index contributed by atoms with van der Waals surface area (Å²) in [4.78, 5) is 4.35. The van der Waals surface area contributed by atoms with Crippen LogP contribution in [0.3, 0.4) is 0 Å². The monoisotopic (exact) mass is 367 g/mol. The van der Waals surface area contributed by atoms with Gasteiger partial charge in [-0.05, 0) is 40.9 Å². The fourth-order valence-electron chi connectivity index (χ4n) is 1.61. The Morgan fingerprint density at radius 2 is 2.36 bits per heavy atom. The molecule has 0 aliphatic carbocycles. The van der Waals surface area contributed by atoms with E-state index in [0.717, 1.165) is 27.4 Å². The zero-order chi connectivity index (χ0) is 9.97. The predicted molar refractivity (Wildman–Crippen MR) is 67.7 cm³/mol. The summed E-state index contributed by atoms with van der Waals surface area (Å²) in [5, 5.41) is 0. The van der Waals surface area contributed by atoms with Gasteiger partial charge >= 0.3 is 0 Å². The molecule has 14 heavy (non-hydrogen) atoms. The first kappa shape index (κ1) is 10.8. The van der Waals surface area contributed by atoms with Crippen LogP contribution >= 0.6 is 38.5 Å². The molecule has 0 bridgehead atoms. The first-order valence-electron chi connectivity index (χ1n) is 4.62. The number of ether oxygens (including phenoxy) is 1. The van der Waals surface area contributed by atoms with Crippen LogP contribution in [-0.2, 0) is 4.74 Å². The minimum absolute atomic E-state index is 0.211. The molecule has 1 aromatic rings. The third kappa shape index (κ3) is 2.46. The molecule has 1 fully saturated rings. The second-order valence-corrected chi connectivity index (χ2v) is 5.18. The Morgan fingerprint density at radius 1 is 1.50 bits per heavy atom. The lowest BCUT2D eigenvalue weighted by Crippen LogP contribution is -2.07. The molecule has 0 spiro atoms. The Kier molecular flexibility index (Phi) is 3.79. The largest absolute Gasteiger partial charge is 0.368 e. The van der Waals surface area contributed by atoms with Gasteiger partial charge in [-0.15, -0.1) is 0 Å². The maximum absolute atomic E-state index is 5.85. The van der Waals surface area contributed by atoms with Gasteiger partial charge in [-0.1, -0.05) is 22.6 Å². The van der Waals surface area contributed by atoms with Gasteiger partial charge in [0.2, 0.25) is 0 Å². The van der Waals surface area contributed by atoms with Crippen molar-refractivity contribution in [2.45, 2.75) is 25.0 Å². The van der Waals surface area contributed by atoms with Crippen LogP contribution in [-0.4, -0.2) is 15.5 Å². The molecule has 2 unspecified atom stereocenters. The van der Waals surface area contributed by atoms with Gasteiger partial charge in [0.25, 0.3) is 0 Å². The highest BCUT2D eigenvalue weighted by Crippen LogP contribution is 2.32. The van der Waals surface area contributed by atoms with Crippen LogP contribution < -0.4 is 0 Å². The number of hydrogen-bond acceptors (Lipinski definition) is 2. The van der Waals surface area contributed by atoms with E-state index >= 15 is 0 Å². The molecule has 1 aliphatic rings. The van der Waals surface area contributed by atoms with E-state index in [1.807, 2.05) is 18.3 Å². The molecule has 2 heterocycles. The fourth-order valence-corrected chi connectivity index (χ4v) is 2.50. The van der Waals surface area contributed by atoms with Crippen molar-refractivity contribution < 1.29 is 4.74 Å². The van der Waals surface area contributed by atoms with Crippen LogP contribution in [0.1, 0.15) is 24.6 Å². The molecule has 0 radical (unpaired) electrons. The molecule has 1 aliphatic heterocycles. The van der Waals surface area contributed by atoms with Crippen molar-refractivity contribution in [3.8, 4) is 0 Å². The van der Waals surface area contributed by atoms with E-state index in [9.17, 15) is 0 Å². The molecule has 2 atom stereocenters. The summed E-state index contributed by atoms with van der Waals surface area (Å²) in [6, 6.07) is 4.05. The minimum atomic E-state index is 0.211. The highest BCUT2D eigenvalue weighted by atomic mass is 127. The van der Waals surface area contributed by atoms with Crippen molar-refractivity contribution in [1.29, 1.82) is 0 Å². The van der Waals surface area contributed by atoms with E-state index in [-0.39, 0.29) is 6.10 Å². The van der Waals surface area contributed by atoms with Crippen LogP contribution in [0.15, 0.2) is 22.8 Å². The quantitative estimate of drug-likeness (QED) is 0.589. The van der Waals surface area contributed by atoms with Crippen molar-refractivity contribution >= 4 is 38.5 Å². The number of nitrogens with zero attached hydrogens (tertiary/aromatic N) is 1. The number of halogens is 2. The number of pyridine rings is 1. The topological polar surface area (TPSA) is 22.1 Å². The van der Waals surface area contributed by atoms with Crippen LogP contribution in [0.2, 0.25) is 0 Å². The van der Waals surface area contributed by atoms with Gasteiger partial charge in [-0.2, -0.15) is 0 Å². The Hall–Kier alpha value is 0.320. The van der Waals surface area contributed by atoms with Crippen LogP contribution in [0.25, 0.3) is 0 Å². The molecular formula is C10H11BrINO. The summed E-state index contributed by atoms with van der Waals surface area (Å²) in [5.74, 6) is 0. The summed E-state index contributed by atoms with van der Waals surface area (Å²) < 4.78 is 7.94. The number of aromatic nitrogens is 1. The third-order valence-electron chi connectivity index (χ3n) is 2.36. The molecule has 0 N–H and O–H groups in total. The molecule has 1 saturated heterocycles. The molecule has 4 heteroatoms. The molecule has 76 valence electrons. The number of alkyl halides is 1. The van der Waals surface area contributed by atoms with Crippen molar-refractivity contribution in [3.63, 3.8) is 0 Å². The molecule has 2 rings (SSSR count). The molecule has 1 aromatic heterocycles. The molecular weight excluding hydrogens is 357 g/mol. The SMILES string of the molecule is Brc1ccc(C2CCC(CI)O2)nc1. The number of hydrogen-bond donors (Lipinski definition) is 0. The Labute approximate surface area is 106 Å². The highest BCUT2D eigenvalue weighted by molar-refractivity contribution is 14.1. The average Bonchev–Trinajstić information content (AvgIpc) is 2.67. The maximum Gasteiger partial charge on any atom is 0.0999 e. The van der Waals surface area contributed by atoms with Gasteiger partial charge in [0.05, 0.1) is 17.9 Å². The van der Waals surface area contributed by atoms with E-state index in [1.54, 1.807) is 0 Å². The van der Waals surface area contributed by atoms with Gasteiger partial charge in [0.1, 0.15) is 0 Å². The van der Waals surface area contributed by atoms with E-state index in [0.29, 0.717) is 6.10 Å². The van der Waals surface area contributed by atoms with E-state index < -0.39 is 0 Å². The fraction of sp³-hybridized carbons (Fsp3) is 0.500. The van der Waals surface area contributed by atoms with Crippen molar-refractivity contribution in [1.82, 2.24) is 4.98 Å². The predicted octanol–water partition coefficient (Wildman–Crippen LogP) is 3.50. The molecule has 2 nitrogen and oxygen atoms in total. The highest BCUT2D eigenvalue weighted by Gasteiger charge is 2.26. The molecule has 0 aromatic carbocycles. The Morgan fingerprint density at radius 3 is 2.93 bits per heavy atom. The lowest BCUT2D eigenvalue weighted by molar-refractivity contribution is 0.0572. The zero-order valence-electron chi connectivity index (χ0n) is 7.62. The number of rotatable bonds is 2. The van der Waals surface area contributed by atoms with Crippen LogP contribution in [0.5, 0.6) is 0 Å². The Balaban J connectivity index is 2.06. The summed E-state index contributed by atoms with van der Waals surface area (Å²) in [6.07, 6.45) is 4.72. The van der Waals surface area contributed by atoms with Gasteiger partial charge < -0.3 is 4.74 Å². The smallest absolute Gasteiger partial charge is 0.0999 e. The summed E-state index contributed by atoms with van der Waals surface area (Å²) in [6.45, 7) is 0. The molecule has 0 amide bonds.